The fourth-order valence-corrected chi connectivity index (χ4v) is 0.811. The summed E-state index contributed by atoms with van der Waals surface area (Å²) in [7, 11) is 0. The van der Waals surface area contributed by atoms with E-state index in [-0.39, 0.29) is 0 Å². The van der Waals surface area contributed by atoms with Crippen molar-refractivity contribution in [2.75, 3.05) is 6.67 Å². The molecule has 0 aromatic rings. The van der Waals surface area contributed by atoms with E-state index in [4.69, 9.17) is 5.21 Å². The minimum atomic E-state index is 0.411. The SMILES string of the molecule is CCC(C)N1CN(O)C=N1. The second kappa shape index (κ2) is 2.88. The first-order chi connectivity index (χ1) is 4.74. The van der Waals surface area contributed by atoms with E-state index in [1.807, 2.05) is 5.01 Å². The van der Waals surface area contributed by atoms with Gasteiger partial charge in [0, 0.05) is 6.04 Å². The van der Waals surface area contributed by atoms with Crippen LogP contribution in [0.2, 0.25) is 0 Å². The van der Waals surface area contributed by atoms with Crippen molar-refractivity contribution >= 4 is 6.34 Å². The maximum atomic E-state index is 8.89. The van der Waals surface area contributed by atoms with Crippen molar-refractivity contribution < 1.29 is 5.21 Å². The molecule has 0 fully saturated rings. The molecule has 58 valence electrons. The van der Waals surface area contributed by atoms with Gasteiger partial charge in [0.05, 0.1) is 0 Å². The first kappa shape index (κ1) is 7.34. The molecule has 0 saturated carbocycles. The Morgan fingerprint density at radius 2 is 2.50 bits per heavy atom. The normalized spacial score (nSPS) is 20.3. The van der Waals surface area contributed by atoms with Gasteiger partial charge in [-0.1, -0.05) is 6.92 Å². The third-order valence-electron chi connectivity index (χ3n) is 1.72. The van der Waals surface area contributed by atoms with Crippen LogP contribution < -0.4 is 0 Å². The van der Waals surface area contributed by atoms with E-state index in [9.17, 15) is 0 Å². The molecule has 1 atom stereocenters. The summed E-state index contributed by atoms with van der Waals surface area (Å²) in [6.45, 7) is 4.67. The lowest BCUT2D eigenvalue weighted by Crippen LogP contribution is -2.30. The number of hydrazone groups is 1. The lowest BCUT2D eigenvalue weighted by atomic mass is 10.3. The topological polar surface area (TPSA) is 39.1 Å². The van der Waals surface area contributed by atoms with Crippen LogP contribution in [0.15, 0.2) is 5.10 Å². The van der Waals surface area contributed by atoms with E-state index in [1.165, 1.54) is 6.34 Å². The van der Waals surface area contributed by atoms with Crippen molar-refractivity contribution in [1.82, 2.24) is 10.1 Å². The molecular formula is C6H13N3O. The summed E-state index contributed by atoms with van der Waals surface area (Å²) >= 11 is 0. The van der Waals surface area contributed by atoms with Crippen LogP contribution in [0.5, 0.6) is 0 Å². The smallest absolute Gasteiger partial charge is 0.138 e. The van der Waals surface area contributed by atoms with E-state index >= 15 is 0 Å². The number of hydrogen-bond donors (Lipinski definition) is 1. The molecule has 1 heterocycles. The molecule has 0 saturated heterocycles. The third kappa shape index (κ3) is 1.39. The Labute approximate surface area is 60.7 Å². The van der Waals surface area contributed by atoms with Crippen LogP contribution in [0.3, 0.4) is 0 Å². The van der Waals surface area contributed by atoms with Crippen molar-refractivity contribution in [3.8, 4) is 0 Å². The molecule has 1 aliphatic rings. The lowest BCUT2D eigenvalue weighted by Gasteiger charge is -2.20. The highest BCUT2D eigenvalue weighted by Gasteiger charge is 2.15. The molecule has 1 N–H and O–H groups in total. The van der Waals surface area contributed by atoms with Crippen LogP contribution in [0.25, 0.3) is 0 Å². The Hall–Kier alpha value is -0.770. The summed E-state index contributed by atoms with van der Waals surface area (Å²) in [6.07, 6.45) is 2.47. The maximum absolute atomic E-state index is 8.89. The highest BCUT2D eigenvalue weighted by atomic mass is 16.5. The average Bonchev–Trinajstić information content (AvgIpc) is 2.34. The molecule has 0 aromatic heterocycles. The van der Waals surface area contributed by atoms with Gasteiger partial charge in [-0.05, 0) is 13.3 Å². The number of hydroxylamine groups is 2. The molecule has 4 heteroatoms. The molecule has 0 bridgehead atoms. The maximum Gasteiger partial charge on any atom is 0.138 e. The first-order valence-corrected chi connectivity index (χ1v) is 3.50. The molecule has 1 unspecified atom stereocenters. The zero-order valence-corrected chi connectivity index (χ0v) is 6.36. The standard InChI is InChI=1S/C6H13N3O/c1-3-6(2)9-5-8(10)4-7-9/h4,6,10H,3,5H2,1-2H3. The summed E-state index contributed by atoms with van der Waals surface area (Å²) in [5.74, 6) is 0. The Balaban J connectivity index is 2.38. The minimum Gasteiger partial charge on any atom is -0.286 e. The van der Waals surface area contributed by atoms with E-state index in [1.54, 1.807) is 0 Å². The highest BCUT2D eigenvalue weighted by molar-refractivity contribution is 5.54. The molecule has 4 nitrogen and oxygen atoms in total. The highest BCUT2D eigenvalue weighted by Crippen LogP contribution is 2.07. The summed E-state index contributed by atoms with van der Waals surface area (Å²) in [4.78, 5) is 0. The third-order valence-corrected chi connectivity index (χ3v) is 1.72. The molecule has 1 aliphatic heterocycles. The van der Waals surface area contributed by atoms with Gasteiger partial charge in [-0.15, -0.1) is 0 Å². The van der Waals surface area contributed by atoms with Gasteiger partial charge in [0.25, 0.3) is 0 Å². The van der Waals surface area contributed by atoms with Gasteiger partial charge in [0.15, 0.2) is 0 Å². The Morgan fingerprint density at radius 3 is 2.90 bits per heavy atom. The van der Waals surface area contributed by atoms with Gasteiger partial charge in [-0.25, -0.2) is 5.06 Å². The van der Waals surface area contributed by atoms with Crippen molar-refractivity contribution in [2.45, 2.75) is 26.3 Å². The van der Waals surface area contributed by atoms with Gasteiger partial charge < -0.3 is 0 Å². The van der Waals surface area contributed by atoms with Crippen LogP contribution in [-0.2, 0) is 0 Å². The zero-order valence-electron chi connectivity index (χ0n) is 6.36. The fourth-order valence-electron chi connectivity index (χ4n) is 0.811. The van der Waals surface area contributed by atoms with Crippen molar-refractivity contribution in [1.29, 1.82) is 0 Å². The van der Waals surface area contributed by atoms with E-state index in [2.05, 4.69) is 18.9 Å². The van der Waals surface area contributed by atoms with E-state index in [0.717, 1.165) is 11.5 Å². The van der Waals surface area contributed by atoms with Gasteiger partial charge in [0.2, 0.25) is 0 Å². The average molecular weight is 143 g/mol. The molecule has 0 aliphatic carbocycles. The van der Waals surface area contributed by atoms with Gasteiger partial charge in [-0.2, -0.15) is 5.10 Å². The van der Waals surface area contributed by atoms with Crippen molar-refractivity contribution in [3.63, 3.8) is 0 Å². The molecule has 10 heavy (non-hydrogen) atoms. The van der Waals surface area contributed by atoms with Crippen molar-refractivity contribution in [2.24, 2.45) is 5.10 Å². The molecule has 0 radical (unpaired) electrons. The van der Waals surface area contributed by atoms with Crippen LogP contribution in [0.4, 0.5) is 0 Å². The fraction of sp³-hybridized carbons (Fsp3) is 0.833. The lowest BCUT2D eigenvalue weighted by molar-refractivity contribution is -0.0387. The number of hydrogen-bond acceptors (Lipinski definition) is 4. The quantitative estimate of drug-likeness (QED) is 0.618. The second-order valence-corrected chi connectivity index (χ2v) is 2.51. The first-order valence-electron chi connectivity index (χ1n) is 3.50. The van der Waals surface area contributed by atoms with Crippen LogP contribution in [0.1, 0.15) is 20.3 Å². The Kier molecular flexibility index (Phi) is 2.11. The van der Waals surface area contributed by atoms with Crippen molar-refractivity contribution in [3.05, 3.63) is 0 Å². The molecule has 0 aromatic carbocycles. The van der Waals surface area contributed by atoms with Gasteiger partial charge in [-0.3, -0.25) is 10.2 Å². The van der Waals surface area contributed by atoms with Gasteiger partial charge in [0.1, 0.15) is 13.0 Å². The number of nitrogens with zero attached hydrogens (tertiary/aromatic N) is 3. The number of rotatable bonds is 2. The van der Waals surface area contributed by atoms with E-state index in [0.29, 0.717) is 12.7 Å². The summed E-state index contributed by atoms with van der Waals surface area (Å²) in [5.41, 5.74) is 0. The molecule has 0 spiro atoms. The second-order valence-electron chi connectivity index (χ2n) is 2.51. The Morgan fingerprint density at radius 1 is 1.80 bits per heavy atom. The molecular weight excluding hydrogens is 130 g/mol. The summed E-state index contributed by atoms with van der Waals surface area (Å²) in [5, 5.41) is 15.8. The van der Waals surface area contributed by atoms with Crippen LogP contribution in [0, 0.1) is 0 Å². The summed E-state index contributed by atoms with van der Waals surface area (Å²) < 4.78 is 0. The minimum absolute atomic E-state index is 0.411. The van der Waals surface area contributed by atoms with E-state index < -0.39 is 0 Å². The molecule has 0 amide bonds. The summed E-state index contributed by atoms with van der Waals surface area (Å²) in [6, 6.07) is 0.411. The molecule has 1 rings (SSSR count). The predicted octanol–water partition coefficient (Wildman–Crippen LogP) is 0.693. The monoisotopic (exact) mass is 143 g/mol. The van der Waals surface area contributed by atoms with Gasteiger partial charge >= 0.3 is 0 Å². The largest absolute Gasteiger partial charge is 0.286 e. The van der Waals surface area contributed by atoms with Crippen LogP contribution in [-0.4, -0.2) is 34.3 Å². The predicted molar refractivity (Wildman–Crippen MR) is 38.6 cm³/mol. The zero-order chi connectivity index (χ0) is 7.56. The Bertz CT molecular complexity index is 137. The van der Waals surface area contributed by atoms with Crippen LogP contribution >= 0.6 is 0 Å².